The van der Waals surface area contributed by atoms with Gasteiger partial charge in [0.25, 0.3) is 5.56 Å². The molecular weight excluding hydrogens is 471 g/mol. The van der Waals surface area contributed by atoms with Gasteiger partial charge in [-0.1, -0.05) is 32.3 Å². The van der Waals surface area contributed by atoms with Crippen LogP contribution in [0, 0.1) is 4.77 Å². The van der Waals surface area contributed by atoms with Crippen LogP contribution < -0.4 is 16.1 Å². The molecule has 2 heterocycles. The number of benzene rings is 1. The molecule has 23 heavy (non-hydrogen) atoms. The van der Waals surface area contributed by atoms with Crippen LogP contribution in [0.25, 0.3) is 15.8 Å². The summed E-state index contributed by atoms with van der Waals surface area (Å²) in [5, 5.41) is 1.16. The number of aromatic nitrogens is 2. The molecule has 0 saturated heterocycles. The number of rotatable bonds is 2. The lowest BCUT2D eigenvalue weighted by Crippen LogP contribution is -2.47. The zero-order valence-corrected chi connectivity index (χ0v) is 16.3. The molecule has 0 spiro atoms. The van der Waals surface area contributed by atoms with Crippen LogP contribution in [0.1, 0.15) is 0 Å². The van der Waals surface area contributed by atoms with Crippen molar-refractivity contribution in [1.29, 1.82) is 0 Å². The van der Waals surface area contributed by atoms with Gasteiger partial charge in [-0.05, 0) is 46.6 Å². The molecule has 120 valence electrons. The van der Waals surface area contributed by atoms with Crippen molar-refractivity contribution in [3.8, 4) is 5.69 Å². The first-order chi connectivity index (χ1) is 10.8. The minimum Gasteiger partial charge on any atom is -0.331 e. The average Bonchev–Trinajstić information content (AvgIpc) is 2.48. The number of H-pyrrole nitrogens is 1. The molecule has 0 radical (unpaired) electrons. The summed E-state index contributed by atoms with van der Waals surface area (Å²) >= 11 is 10.9. The van der Waals surface area contributed by atoms with E-state index in [1.807, 2.05) is 4.08 Å². The summed E-state index contributed by atoms with van der Waals surface area (Å²) in [5.41, 5.74) is 0.213. The van der Waals surface area contributed by atoms with E-state index in [9.17, 15) is 13.2 Å². The van der Waals surface area contributed by atoms with Gasteiger partial charge in [0.05, 0.1) is 24.1 Å². The highest BCUT2D eigenvalue weighted by molar-refractivity contribution is 14.2. The molecule has 0 atom stereocenters. The summed E-state index contributed by atoms with van der Waals surface area (Å²) in [7, 11) is -3.29. The molecule has 3 rings (SSSR count). The Balaban J connectivity index is 2.28. The molecule has 1 aromatic heterocycles. The van der Waals surface area contributed by atoms with E-state index in [1.54, 1.807) is 18.2 Å². The second-order valence-electron chi connectivity index (χ2n) is 4.82. The number of nitrogens with one attached hydrogen (secondary N) is 1. The van der Waals surface area contributed by atoms with E-state index in [1.165, 1.54) is 16.7 Å². The summed E-state index contributed by atoms with van der Waals surface area (Å²) in [5.74, 6) is 0. The van der Waals surface area contributed by atoms with E-state index in [2.05, 4.69) is 4.98 Å². The maximum atomic E-state index is 12.7. The molecule has 2 aromatic rings. The predicted octanol–water partition coefficient (Wildman–Crippen LogP) is 1.17. The second kappa shape index (κ2) is 6.08. The van der Waals surface area contributed by atoms with Gasteiger partial charge in [-0.3, -0.25) is 9.36 Å². The molecular formula is C14H10ClIN2O3S2. The standard InChI is InChI=1S/C14H10ClIN2O3S2/c1-23(20,21)9-4-2-8(3-5-9)18-13(19)10-6-12(15)16-7-11(10)17-14(18)22/h2-7H,1H3,(H,17,22). The predicted molar refractivity (Wildman–Crippen MR) is 103 cm³/mol. The third-order valence-electron chi connectivity index (χ3n) is 3.21. The largest absolute Gasteiger partial charge is 0.331 e. The lowest BCUT2D eigenvalue weighted by atomic mass is 10.3. The van der Waals surface area contributed by atoms with E-state index >= 15 is 0 Å². The summed E-state index contributed by atoms with van der Waals surface area (Å²) in [6.45, 7) is 0. The molecule has 0 aliphatic carbocycles. The van der Waals surface area contributed by atoms with Crippen molar-refractivity contribution >= 4 is 67.5 Å². The third-order valence-corrected chi connectivity index (χ3v) is 7.13. The molecule has 0 fully saturated rings. The highest BCUT2D eigenvalue weighted by Crippen LogP contribution is 2.12. The molecule has 1 aliphatic heterocycles. The maximum absolute atomic E-state index is 12.7. The SMILES string of the molecule is CS(=O)(=O)c1ccc(-n2c(=S)[nH]c3c(c2=O)=CC(Cl)=IC=3)cc1. The first kappa shape index (κ1) is 16.7. The van der Waals surface area contributed by atoms with Gasteiger partial charge in [0.1, 0.15) is 0 Å². The molecule has 1 aliphatic rings. The van der Waals surface area contributed by atoms with Gasteiger partial charge in [-0.15, -0.1) is 0 Å². The Kier molecular flexibility index (Phi) is 4.43. The van der Waals surface area contributed by atoms with Gasteiger partial charge < -0.3 is 4.98 Å². The van der Waals surface area contributed by atoms with E-state index < -0.39 is 30.6 Å². The topological polar surface area (TPSA) is 71.9 Å². The molecule has 0 amide bonds. The highest BCUT2D eigenvalue weighted by Gasteiger charge is 2.10. The Morgan fingerprint density at radius 2 is 1.91 bits per heavy atom. The Morgan fingerprint density at radius 3 is 2.52 bits per heavy atom. The van der Waals surface area contributed by atoms with E-state index in [0.29, 0.717) is 19.2 Å². The Morgan fingerprint density at radius 1 is 1.26 bits per heavy atom. The molecule has 0 unspecified atom stereocenters. The van der Waals surface area contributed by atoms with Crippen LogP contribution in [0.3, 0.4) is 0 Å². The molecule has 0 bridgehead atoms. The minimum absolute atomic E-state index is 0.184. The summed E-state index contributed by atoms with van der Waals surface area (Å²) in [6.07, 6.45) is 2.80. The fraction of sp³-hybridized carbons (Fsp3) is 0.0714. The smallest absolute Gasteiger partial charge is 0.266 e. The van der Waals surface area contributed by atoms with E-state index in [4.69, 9.17) is 23.8 Å². The first-order valence-corrected chi connectivity index (χ1v) is 11.3. The van der Waals surface area contributed by atoms with Crippen LogP contribution in [0.5, 0.6) is 0 Å². The van der Waals surface area contributed by atoms with Crippen molar-refractivity contribution in [3.05, 3.63) is 50.0 Å². The van der Waals surface area contributed by atoms with Gasteiger partial charge in [-0.25, -0.2) is 8.42 Å². The van der Waals surface area contributed by atoms with Crippen LogP contribution in [0.2, 0.25) is 0 Å². The quantitative estimate of drug-likeness (QED) is 0.517. The Hall–Kier alpha value is -1.10. The van der Waals surface area contributed by atoms with E-state index in [-0.39, 0.29) is 15.2 Å². The van der Waals surface area contributed by atoms with Gasteiger partial charge in [0.2, 0.25) is 0 Å². The normalized spacial score (nSPS) is 13.9. The number of hydrogen-bond donors (Lipinski definition) is 1. The Labute approximate surface area is 151 Å². The maximum Gasteiger partial charge on any atom is 0.266 e. The van der Waals surface area contributed by atoms with E-state index in [0.717, 1.165) is 6.26 Å². The van der Waals surface area contributed by atoms with Crippen LogP contribution in [-0.2, 0) is 9.84 Å². The van der Waals surface area contributed by atoms with Crippen LogP contribution in [-0.4, -0.2) is 27.2 Å². The highest BCUT2D eigenvalue weighted by atomic mass is 127. The lowest BCUT2D eigenvalue weighted by molar-refractivity contribution is 0.602. The average molecular weight is 481 g/mol. The van der Waals surface area contributed by atoms with Gasteiger partial charge in [0.15, 0.2) is 14.6 Å². The van der Waals surface area contributed by atoms with Crippen LogP contribution in [0.4, 0.5) is 0 Å². The van der Waals surface area contributed by atoms with Gasteiger partial charge in [0, 0.05) is 6.26 Å². The van der Waals surface area contributed by atoms with Crippen LogP contribution >= 0.6 is 44.5 Å². The first-order valence-electron chi connectivity index (χ1n) is 6.31. The molecule has 0 saturated carbocycles. The van der Waals surface area contributed by atoms with Gasteiger partial charge in [-0.2, -0.15) is 0 Å². The zero-order valence-electron chi connectivity index (χ0n) is 11.7. The molecule has 9 heteroatoms. The van der Waals surface area contributed by atoms with Crippen molar-refractivity contribution in [1.82, 2.24) is 9.55 Å². The molecule has 1 aromatic carbocycles. The minimum atomic E-state index is -3.29. The number of aromatic amines is 1. The number of nitrogens with zero attached hydrogens (tertiary/aromatic N) is 1. The van der Waals surface area contributed by atoms with Gasteiger partial charge >= 0.3 is 0 Å². The molecule has 1 N–H and O–H groups in total. The number of halogens is 2. The van der Waals surface area contributed by atoms with Crippen molar-refractivity contribution in [2.75, 3.05) is 6.26 Å². The zero-order chi connectivity index (χ0) is 16.8. The summed E-state index contributed by atoms with van der Waals surface area (Å²) in [6, 6.07) is 6.01. The number of hydrogen-bond acceptors (Lipinski definition) is 4. The van der Waals surface area contributed by atoms with Crippen molar-refractivity contribution in [2.45, 2.75) is 4.90 Å². The van der Waals surface area contributed by atoms with Crippen LogP contribution in [0.15, 0.2) is 34.0 Å². The fourth-order valence-corrected chi connectivity index (χ4v) is 5.02. The second-order valence-corrected chi connectivity index (χ2v) is 10.7. The Bertz CT molecular complexity index is 1180. The third kappa shape index (κ3) is 3.25. The lowest BCUT2D eigenvalue weighted by Gasteiger charge is -2.08. The summed E-state index contributed by atoms with van der Waals surface area (Å²) < 4.78 is 27.2. The van der Waals surface area contributed by atoms with Crippen molar-refractivity contribution < 1.29 is 8.42 Å². The number of sulfone groups is 1. The van der Waals surface area contributed by atoms with Crippen molar-refractivity contribution in [3.63, 3.8) is 0 Å². The fourth-order valence-electron chi connectivity index (χ4n) is 2.12. The number of fused-ring (bicyclic) bond motifs is 1. The summed E-state index contributed by atoms with van der Waals surface area (Å²) in [4.78, 5) is 15.9. The monoisotopic (exact) mass is 480 g/mol. The molecule has 5 nitrogen and oxygen atoms in total. The van der Waals surface area contributed by atoms with Crippen molar-refractivity contribution in [2.24, 2.45) is 0 Å².